The maximum Gasteiger partial charge on any atom is 0.253 e. The highest BCUT2D eigenvalue weighted by Gasteiger charge is 2.28. The number of aromatic nitrogens is 3. The molecule has 0 saturated carbocycles. The first kappa shape index (κ1) is 18.6. The van der Waals surface area contributed by atoms with Crippen LogP contribution in [-0.4, -0.2) is 47.8 Å². The van der Waals surface area contributed by atoms with E-state index < -0.39 is 9.84 Å². The van der Waals surface area contributed by atoms with Gasteiger partial charge < -0.3 is 10.6 Å². The molecule has 0 spiro atoms. The van der Waals surface area contributed by atoms with Gasteiger partial charge in [0.05, 0.1) is 21.9 Å². The first-order chi connectivity index (χ1) is 13.5. The Morgan fingerprint density at radius 2 is 1.89 bits per heavy atom. The number of H-pyrrole nitrogens is 1. The lowest BCUT2D eigenvalue weighted by molar-refractivity contribution is 0.0950. The number of rotatable bonds is 5. The van der Waals surface area contributed by atoms with E-state index in [4.69, 9.17) is 0 Å². The van der Waals surface area contributed by atoms with E-state index >= 15 is 0 Å². The predicted molar refractivity (Wildman–Crippen MR) is 105 cm³/mol. The van der Waals surface area contributed by atoms with Crippen LogP contribution in [0.5, 0.6) is 0 Å². The highest BCUT2D eigenvalue weighted by Crippen LogP contribution is 2.22. The molecule has 0 atom stereocenters. The topological polar surface area (TPSA) is 117 Å². The van der Waals surface area contributed by atoms with Crippen molar-refractivity contribution in [2.75, 3.05) is 13.1 Å². The molecule has 28 heavy (non-hydrogen) atoms. The van der Waals surface area contributed by atoms with E-state index in [0.717, 1.165) is 24.0 Å². The van der Waals surface area contributed by atoms with Crippen LogP contribution < -0.4 is 10.6 Å². The average Bonchev–Trinajstić information content (AvgIpc) is 3.21. The van der Waals surface area contributed by atoms with Crippen LogP contribution in [0.25, 0.3) is 11.0 Å². The van der Waals surface area contributed by atoms with Gasteiger partial charge in [0.15, 0.2) is 15.5 Å². The maximum atomic E-state index is 12.7. The summed E-state index contributed by atoms with van der Waals surface area (Å²) in [5.41, 5.74) is 1.90. The number of hydrogen-bond acceptors (Lipinski definition) is 6. The number of nitrogens with zero attached hydrogens (tertiary/aromatic N) is 2. The van der Waals surface area contributed by atoms with Crippen molar-refractivity contribution in [2.24, 2.45) is 0 Å². The van der Waals surface area contributed by atoms with E-state index in [1.54, 1.807) is 36.5 Å². The summed E-state index contributed by atoms with van der Waals surface area (Å²) in [6.45, 7) is 1.76. The first-order valence-corrected chi connectivity index (χ1v) is 10.7. The van der Waals surface area contributed by atoms with Gasteiger partial charge in [-0.25, -0.2) is 13.4 Å². The number of aromatic amines is 1. The van der Waals surface area contributed by atoms with Crippen molar-refractivity contribution in [1.82, 2.24) is 25.8 Å². The van der Waals surface area contributed by atoms with Crippen molar-refractivity contribution in [2.45, 2.75) is 29.5 Å². The normalized spacial score (nSPS) is 15.6. The Balaban J connectivity index is 1.40. The molecule has 1 aliphatic heterocycles. The third kappa shape index (κ3) is 3.76. The molecule has 3 aromatic rings. The number of hydrogen-bond donors (Lipinski definition) is 3. The van der Waals surface area contributed by atoms with Crippen LogP contribution in [0.1, 0.15) is 28.8 Å². The molecule has 146 valence electrons. The zero-order valence-corrected chi connectivity index (χ0v) is 16.0. The van der Waals surface area contributed by atoms with Gasteiger partial charge in [0, 0.05) is 18.1 Å². The quantitative estimate of drug-likeness (QED) is 0.597. The maximum absolute atomic E-state index is 12.7. The average molecular weight is 399 g/mol. The Kier molecular flexibility index (Phi) is 5.10. The molecular formula is C19H21N5O3S. The molecule has 1 amide bonds. The zero-order valence-electron chi connectivity index (χ0n) is 15.2. The lowest BCUT2D eigenvalue weighted by Crippen LogP contribution is -2.35. The summed E-state index contributed by atoms with van der Waals surface area (Å²) in [7, 11) is -3.31. The van der Waals surface area contributed by atoms with Gasteiger partial charge >= 0.3 is 0 Å². The van der Waals surface area contributed by atoms with Crippen molar-refractivity contribution in [1.29, 1.82) is 0 Å². The molecule has 8 nitrogen and oxygen atoms in total. The lowest BCUT2D eigenvalue weighted by atomic mass is 10.2. The molecular weight excluding hydrogens is 378 g/mol. The fourth-order valence-electron chi connectivity index (χ4n) is 3.34. The summed E-state index contributed by atoms with van der Waals surface area (Å²) in [6.07, 6.45) is 4.37. The van der Waals surface area contributed by atoms with Crippen molar-refractivity contribution < 1.29 is 13.2 Å². The van der Waals surface area contributed by atoms with Crippen LogP contribution in [0, 0.1) is 0 Å². The van der Waals surface area contributed by atoms with Crippen LogP contribution in [0.4, 0.5) is 0 Å². The second-order valence-electron chi connectivity index (χ2n) is 6.85. The van der Waals surface area contributed by atoms with Crippen LogP contribution in [-0.2, 0) is 16.4 Å². The Morgan fingerprint density at radius 1 is 1.14 bits per heavy atom. The summed E-state index contributed by atoms with van der Waals surface area (Å²) >= 11 is 0. The summed E-state index contributed by atoms with van der Waals surface area (Å²) in [4.78, 5) is 16.8. The minimum atomic E-state index is -3.31. The zero-order chi connectivity index (χ0) is 19.6. The van der Waals surface area contributed by atoms with Crippen molar-refractivity contribution in [3.8, 4) is 0 Å². The number of pyridine rings is 1. The van der Waals surface area contributed by atoms with Gasteiger partial charge in [-0.2, -0.15) is 5.10 Å². The number of sulfone groups is 1. The second kappa shape index (κ2) is 7.69. The molecule has 1 aliphatic rings. The Bertz CT molecular complexity index is 1090. The largest absolute Gasteiger partial charge is 0.348 e. The number of amides is 1. The third-order valence-corrected chi connectivity index (χ3v) is 7.26. The van der Waals surface area contributed by atoms with Crippen LogP contribution in [0.3, 0.4) is 0 Å². The van der Waals surface area contributed by atoms with Gasteiger partial charge in [-0.3, -0.25) is 9.89 Å². The Morgan fingerprint density at radius 3 is 2.64 bits per heavy atom. The molecule has 0 radical (unpaired) electrons. The highest BCUT2D eigenvalue weighted by atomic mass is 32.2. The SMILES string of the molecule is O=C(NCc1ccc(S(=O)(=O)C2CCNCC2)cc1)c1cnc2[nH]ncc2c1. The van der Waals surface area contributed by atoms with E-state index in [1.807, 2.05) is 0 Å². The minimum absolute atomic E-state index is 0.248. The van der Waals surface area contributed by atoms with E-state index in [1.165, 1.54) is 6.20 Å². The summed E-state index contributed by atoms with van der Waals surface area (Å²) in [5.74, 6) is -0.248. The second-order valence-corrected chi connectivity index (χ2v) is 9.08. The summed E-state index contributed by atoms with van der Waals surface area (Å²) in [5, 5.41) is 13.1. The highest BCUT2D eigenvalue weighted by molar-refractivity contribution is 7.92. The molecule has 0 unspecified atom stereocenters. The van der Waals surface area contributed by atoms with E-state index in [-0.39, 0.29) is 11.2 Å². The number of carbonyl (C=O) groups excluding carboxylic acids is 1. The fraction of sp³-hybridized carbons (Fsp3) is 0.316. The van der Waals surface area contributed by atoms with Gasteiger partial charge in [0.1, 0.15) is 0 Å². The molecule has 1 aromatic carbocycles. The van der Waals surface area contributed by atoms with Gasteiger partial charge in [-0.05, 0) is 49.7 Å². The molecule has 1 fully saturated rings. The summed E-state index contributed by atoms with van der Waals surface area (Å²) < 4.78 is 25.4. The van der Waals surface area contributed by atoms with Crippen molar-refractivity contribution in [3.63, 3.8) is 0 Å². The molecule has 2 aromatic heterocycles. The third-order valence-electron chi connectivity index (χ3n) is 4.98. The number of nitrogens with one attached hydrogen (secondary N) is 3. The Labute approximate surface area is 162 Å². The minimum Gasteiger partial charge on any atom is -0.348 e. The molecule has 0 aliphatic carbocycles. The number of piperidine rings is 1. The first-order valence-electron chi connectivity index (χ1n) is 9.15. The van der Waals surface area contributed by atoms with E-state index in [0.29, 0.717) is 35.5 Å². The van der Waals surface area contributed by atoms with Crippen molar-refractivity contribution in [3.05, 3.63) is 53.9 Å². The fourth-order valence-corrected chi connectivity index (χ4v) is 5.10. The Hall–Kier alpha value is -2.78. The molecule has 3 heterocycles. The van der Waals surface area contributed by atoms with Gasteiger partial charge in [0.25, 0.3) is 5.91 Å². The van der Waals surface area contributed by atoms with Gasteiger partial charge in [-0.15, -0.1) is 0 Å². The van der Waals surface area contributed by atoms with Crippen molar-refractivity contribution >= 4 is 26.8 Å². The number of fused-ring (bicyclic) bond motifs is 1. The standard InChI is InChI=1S/C19H21N5O3S/c25-19(15-9-14-12-23-24-18(14)21-11-15)22-10-13-1-3-16(4-2-13)28(26,27)17-5-7-20-8-6-17/h1-4,9,11-12,17,20H,5-8,10H2,(H,22,25)(H,21,23,24). The monoisotopic (exact) mass is 399 g/mol. The summed E-state index contributed by atoms with van der Waals surface area (Å²) in [6, 6.07) is 8.45. The van der Waals surface area contributed by atoms with Gasteiger partial charge in [0.2, 0.25) is 0 Å². The van der Waals surface area contributed by atoms with Gasteiger partial charge in [-0.1, -0.05) is 12.1 Å². The molecule has 4 rings (SSSR count). The predicted octanol–water partition coefficient (Wildman–Crippen LogP) is 1.41. The molecule has 1 saturated heterocycles. The lowest BCUT2D eigenvalue weighted by Gasteiger charge is -2.22. The van der Waals surface area contributed by atoms with Crippen LogP contribution in [0.15, 0.2) is 47.6 Å². The molecule has 3 N–H and O–H groups in total. The van der Waals surface area contributed by atoms with E-state index in [9.17, 15) is 13.2 Å². The number of carbonyl (C=O) groups is 1. The smallest absolute Gasteiger partial charge is 0.253 e. The molecule has 0 bridgehead atoms. The van der Waals surface area contributed by atoms with Crippen LogP contribution >= 0.6 is 0 Å². The molecule has 9 heteroatoms. The van der Waals surface area contributed by atoms with Crippen LogP contribution in [0.2, 0.25) is 0 Å². The van der Waals surface area contributed by atoms with E-state index in [2.05, 4.69) is 25.8 Å². The number of benzene rings is 1.